The number of carbonyl (C=O) groups excluding carboxylic acids is 2. The number of halogens is 1. The van der Waals surface area contributed by atoms with Crippen LogP contribution in [0.1, 0.15) is 60.5 Å². The summed E-state index contributed by atoms with van der Waals surface area (Å²) in [4.78, 5) is 39.5. The third-order valence-electron chi connectivity index (χ3n) is 6.46. The van der Waals surface area contributed by atoms with Gasteiger partial charge in [-0.2, -0.15) is 0 Å². The molecule has 5 N–H and O–H groups in total. The van der Waals surface area contributed by atoms with Crippen LogP contribution in [0.25, 0.3) is 0 Å². The third-order valence-corrected chi connectivity index (χ3v) is 6.46. The highest BCUT2D eigenvalue weighted by Gasteiger charge is 2.41. The normalized spacial score (nSPS) is 15.3. The summed E-state index contributed by atoms with van der Waals surface area (Å²) < 4.78 is 13.6. The Balaban J connectivity index is 1.83. The van der Waals surface area contributed by atoms with Crippen molar-refractivity contribution in [1.29, 1.82) is 5.41 Å². The first-order valence-corrected chi connectivity index (χ1v) is 11.5. The Kier molecular flexibility index (Phi) is 7.89. The zero-order valence-corrected chi connectivity index (χ0v) is 19.9. The molecule has 0 bridgehead atoms. The maximum atomic E-state index is 13.7. The predicted octanol–water partition coefficient (Wildman–Crippen LogP) is 3.12. The second kappa shape index (κ2) is 10.7. The summed E-state index contributed by atoms with van der Waals surface area (Å²) in [5.41, 5.74) is 5.85. The van der Waals surface area contributed by atoms with Crippen molar-refractivity contribution in [2.75, 3.05) is 13.1 Å². The van der Waals surface area contributed by atoms with Gasteiger partial charge < -0.3 is 21.1 Å². The van der Waals surface area contributed by atoms with Gasteiger partial charge in [-0.15, -0.1) is 0 Å². The van der Waals surface area contributed by atoms with Crippen molar-refractivity contribution >= 4 is 23.6 Å². The number of carboxylic acid groups (broad SMARTS) is 1. The van der Waals surface area contributed by atoms with Crippen LogP contribution >= 0.6 is 0 Å². The number of carboxylic acids is 1. The van der Waals surface area contributed by atoms with Gasteiger partial charge in [-0.25, -0.2) is 4.39 Å². The fourth-order valence-electron chi connectivity index (χ4n) is 4.55. The average molecular weight is 483 g/mol. The van der Waals surface area contributed by atoms with Crippen LogP contribution in [-0.2, 0) is 9.59 Å². The molecule has 0 radical (unpaired) electrons. The SMILES string of the molecule is CC(C)(NC(=O)c1ccc(C(=N)N)cc1)C(C(=O)N1CCC(CC(=O)O)CC1)c1ccc(F)cc1. The summed E-state index contributed by atoms with van der Waals surface area (Å²) >= 11 is 0. The van der Waals surface area contributed by atoms with E-state index in [1.807, 2.05) is 0 Å². The third kappa shape index (κ3) is 6.44. The smallest absolute Gasteiger partial charge is 0.303 e. The molecule has 1 aliphatic heterocycles. The van der Waals surface area contributed by atoms with E-state index in [2.05, 4.69) is 5.32 Å². The predicted molar refractivity (Wildman–Crippen MR) is 130 cm³/mol. The van der Waals surface area contributed by atoms with Crippen LogP contribution in [-0.4, -0.2) is 52.3 Å². The molecule has 35 heavy (non-hydrogen) atoms. The molecule has 3 rings (SSSR count). The highest BCUT2D eigenvalue weighted by molar-refractivity contribution is 5.99. The van der Waals surface area contributed by atoms with E-state index in [0.29, 0.717) is 42.6 Å². The largest absolute Gasteiger partial charge is 0.481 e. The van der Waals surface area contributed by atoms with Crippen LogP contribution in [0.5, 0.6) is 0 Å². The molecule has 1 fully saturated rings. The van der Waals surface area contributed by atoms with Gasteiger partial charge in [0, 0.05) is 30.6 Å². The molecule has 1 unspecified atom stereocenters. The molecule has 2 amide bonds. The van der Waals surface area contributed by atoms with Crippen molar-refractivity contribution in [3.63, 3.8) is 0 Å². The van der Waals surface area contributed by atoms with Crippen LogP contribution in [0.3, 0.4) is 0 Å². The van der Waals surface area contributed by atoms with E-state index in [9.17, 15) is 18.8 Å². The zero-order chi connectivity index (χ0) is 25.8. The lowest BCUT2D eigenvalue weighted by molar-refractivity contribution is -0.139. The standard InChI is InChI=1S/C26H31FN4O4/c1-26(2,30-24(34)19-5-3-18(4-6-19)23(28)29)22(17-7-9-20(27)10-8-17)25(35)31-13-11-16(12-14-31)15-21(32)33/h3-10,16,22H,11-15H2,1-2H3,(H3,28,29)(H,30,34)(H,32,33). The van der Waals surface area contributed by atoms with Crippen molar-refractivity contribution in [3.8, 4) is 0 Å². The van der Waals surface area contributed by atoms with Crippen molar-refractivity contribution < 1.29 is 23.9 Å². The maximum absolute atomic E-state index is 13.7. The Morgan fingerprint density at radius 3 is 2.14 bits per heavy atom. The molecule has 186 valence electrons. The van der Waals surface area contributed by atoms with Gasteiger partial charge in [-0.3, -0.25) is 19.8 Å². The Morgan fingerprint density at radius 1 is 1.09 bits per heavy atom. The van der Waals surface area contributed by atoms with E-state index >= 15 is 0 Å². The second-order valence-electron chi connectivity index (χ2n) is 9.52. The Bertz CT molecular complexity index is 1090. The number of carbonyl (C=O) groups is 3. The number of nitrogens with one attached hydrogen (secondary N) is 2. The molecule has 1 aliphatic rings. The minimum absolute atomic E-state index is 0.0199. The first kappa shape index (κ1) is 25.9. The first-order chi connectivity index (χ1) is 16.5. The number of hydrogen-bond acceptors (Lipinski definition) is 4. The molecular weight excluding hydrogens is 451 g/mol. The molecule has 1 saturated heterocycles. The van der Waals surface area contributed by atoms with Crippen LogP contribution in [0.15, 0.2) is 48.5 Å². The van der Waals surface area contributed by atoms with Crippen LogP contribution in [0.2, 0.25) is 0 Å². The number of benzene rings is 2. The van der Waals surface area contributed by atoms with Crippen molar-refractivity contribution in [2.45, 2.75) is 44.6 Å². The van der Waals surface area contributed by atoms with Crippen LogP contribution < -0.4 is 11.1 Å². The molecular formula is C26H31FN4O4. The maximum Gasteiger partial charge on any atom is 0.303 e. The second-order valence-corrected chi connectivity index (χ2v) is 9.52. The molecule has 2 aromatic rings. The number of aliphatic carboxylic acids is 1. The molecule has 0 spiro atoms. The monoisotopic (exact) mass is 482 g/mol. The van der Waals surface area contributed by atoms with Gasteiger partial charge in [0.15, 0.2) is 0 Å². The molecule has 9 heteroatoms. The summed E-state index contributed by atoms with van der Waals surface area (Å²) in [6.07, 6.45) is 1.25. The number of likely N-dealkylation sites (tertiary alicyclic amines) is 1. The average Bonchev–Trinajstić information content (AvgIpc) is 2.80. The quantitative estimate of drug-likeness (QED) is 0.339. The van der Waals surface area contributed by atoms with Gasteiger partial charge in [0.25, 0.3) is 5.91 Å². The lowest BCUT2D eigenvalue weighted by Gasteiger charge is -2.40. The highest BCUT2D eigenvalue weighted by atomic mass is 19.1. The van der Waals surface area contributed by atoms with Gasteiger partial charge in [0.1, 0.15) is 11.7 Å². The van der Waals surface area contributed by atoms with E-state index in [1.165, 1.54) is 12.1 Å². The fraction of sp³-hybridized carbons (Fsp3) is 0.385. The summed E-state index contributed by atoms with van der Waals surface area (Å²) in [6, 6.07) is 11.9. The van der Waals surface area contributed by atoms with Crippen molar-refractivity contribution in [2.24, 2.45) is 11.7 Å². The Hall–Kier alpha value is -3.75. The number of piperidine rings is 1. The Morgan fingerprint density at radius 2 is 1.63 bits per heavy atom. The number of nitrogens with zero attached hydrogens (tertiary/aromatic N) is 1. The van der Waals surface area contributed by atoms with E-state index in [1.54, 1.807) is 55.1 Å². The zero-order valence-electron chi connectivity index (χ0n) is 19.9. The Labute approximate surface area is 203 Å². The minimum Gasteiger partial charge on any atom is -0.481 e. The van der Waals surface area contributed by atoms with Gasteiger partial charge >= 0.3 is 5.97 Å². The molecule has 0 saturated carbocycles. The number of hydrogen-bond donors (Lipinski definition) is 4. The highest BCUT2D eigenvalue weighted by Crippen LogP contribution is 2.33. The van der Waals surface area contributed by atoms with E-state index in [0.717, 1.165) is 0 Å². The molecule has 1 atom stereocenters. The molecule has 2 aromatic carbocycles. The van der Waals surface area contributed by atoms with Crippen LogP contribution in [0.4, 0.5) is 4.39 Å². The number of nitrogen functional groups attached to an aromatic ring is 1. The molecule has 0 aliphatic carbocycles. The lowest BCUT2D eigenvalue weighted by atomic mass is 9.79. The van der Waals surface area contributed by atoms with Gasteiger partial charge in [0.05, 0.1) is 11.5 Å². The fourth-order valence-corrected chi connectivity index (χ4v) is 4.55. The number of nitrogens with two attached hydrogens (primary N) is 1. The van der Waals surface area contributed by atoms with Crippen molar-refractivity contribution in [1.82, 2.24) is 10.2 Å². The lowest BCUT2D eigenvalue weighted by Crippen LogP contribution is -2.54. The molecule has 1 heterocycles. The number of rotatable bonds is 8. The van der Waals surface area contributed by atoms with Gasteiger partial charge in [-0.05, 0) is 62.4 Å². The molecule has 0 aromatic heterocycles. The van der Waals surface area contributed by atoms with Gasteiger partial charge in [0.2, 0.25) is 5.91 Å². The summed E-state index contributed by atoms with van der Waals surface area (Å²) in [5, 5.41) is 19.5. The van der Waals surface area contributed by atoms with Crippen molar-refractivity contribution in [3.05, 3.63) is 71.0 Å². The topological polar surface area (TPSA) is 137 Å². The summed E-state index contributed by atoms with van der Waals surface area (Å²) in [7, 11) is 0. The van der Waals surface area contributed by atoms with E-state index in [-0.39, 0.29) is 24.1 Å². The van der Waals surface area contributed by atoms with E-state index < -0.39 is 29.2 Å². The summed E-state index contributed by atoms with van der Waals surface area (Å²) in [6.45, 7) is 4.34. The number of amidine groups is 1. The summed E-state index contributed by atoms with van der Waals surface area (Å²) in [5.74, 6) is -2.76. The number of amides is 2. The molecule has 8 nitrogen and oxygen atoms in total. The van der Waals surface area contributed by atoms with Crippen LogP contribution in [0, 0.1) is 17.1 Å². The van der Waals surface area contributed by atoms with E-state index in [4.69, 9.17) is 16.2 Å². The first-order valence-electron chi connectivity index (χ1n) is 11.5. The minimum atomic E-state index is -1.04. The van der Waals surface area contributed by atoms with Gasteiger partial charge in [-0.1, -0.05) is 24.3 Å².